The van der Waals surface area contributed by atoms with Crippen LogP contribution in [0.25, 0.3) is 0 Å². The lowest BCUT2D eigenvalue weighted by molar-refractivity contribution is -0.870. The molecular formula is C26H31ClFN2O6+. The Morgan fingerprint density at radius 2 is 1.78 bits per heavy atom. The molecule has 0 bridgehead atoms. The number of carbonyl (C=O) groups excluding carboxylic acids is 3. The van der Waals surface area contributed by atoms with Crippen molar-refractivity contribution in [1.82, 2.24) is 5.32 Å². The molecule has 2 aromatic carbocycles. The van der Waals surface area contributed by atoms with E-state index in [1.54, 1.807) is 32.0 Å². The summed E-state index contributed by atoms with van der Waals surface area (Å²) in [5.41, 5.74) is -0.125. The summed E-state index contributed by atoms with van der Waals surface area (Å²) in [5.74, 6) is -0.999. The molecule has 2 atom stereocenters. The Morgan fingerprint density at radius 3 is 2.39 bits per heavy atom. The van der Waals surface area contributed by atoms with Gasteiger partial charge in [-0.1, -0.05) is 11.6 Å². The second kappa shape index (κ2) is 10.4. The van der Waals surface area contributed by atoms with Crippen LogP contribution in [0.15, 0.2) is 36.4 Å². The standard InChI is InChI=1S/C26H30ClFN2O6/c1-15(31)16-8-10-21-18(13-16)22(29-24(32)17-7-9-20(28)19(27)14-17)23(26(2,3)36-21)35-25(33)34-12-11-30(4,5)6/h7-10,13-14,22-23H,11-12H2,1-6H3/p+1. The number of likely N-dealkylation sites (N-methyl/N-ethyl adjacent to an activating group) is 1. The molecule has 0 fully saturated rings. The fourth-order valence-corrected chi connectivity index (χ4v) is 3.96. The number of fused-ring (bicyclic) bond motifs is 1. The number of nitrogens with zero attached hydrogens (tertiary/aromatic N) is 1. The minimum atomic E-state index is -1.08. The van der Waals surface area contributed by atoms with E-state index in [9.17, 15) is 18.8 Å². The third kappa shape index (κ3) is 6.53. The molecule has 1 aliphatic rings. The number of ketones is 1. The molecule has 36 heavy (non-hydrogen) atoms. The Balaban J connectivity index is 1.96. The van der Waals surface area contributed by atoms with Crippen LogP contribution in [0, 0.1) is 5.82 Å². The fraction of sp³-hybridized carbons (Fsp3) is 0.423. The molecule has 2 aromatic rings. The van der Waals surface area contributed by atoms with E-state index in [0.717, 1.165) is 6.07 Å². The van der Waals surface area contributed by atoms with Gasteiger partial charge in [-0.05, 0) is 57.2 Å². The topological polar surface area (TPSA) is 90.9 Å². The minimum Gasteiger partial charge on any atom is -0.484 e. The molecule has 1 amide bonds. The maximum atomic E-state index is 13.6. The number of benzene rings is 2. The van der Waals surface area contributed by atoms with Gasteiger partial charge in [0.2, 0.25) is 0 Å². The molecule has 1 N–H and O–H groups in total. The van der Waals surface area contributed by atoms with Crippen molar-refractivity contribution < 1.29 is 37.5 Å². The minimum absolute atomic E-state index is 0.110. The van der Waals surface area contributed by atoms with Gasteiger partial charge in [0.15, 0.2) is 11.9 Å². The van der Waals surface area contributed by atoms with E-state index in [1.165, 1.54) is 19.1 Å². The zero-order chi connectivity index (χ0) is 26.8. The lowest BCUT2D eigenvalue weighted by atomic mass is 9.85. The van der Waals surface area contributed by atoms with Crippen LogP contribution in [0.1, 0.15) is 53.1 Å². The summed E-state index contributed by atoms with van der Waals surface area (Å²) in [6.07, 6.45) is -1.94. The average Bonchev–Trinajstić information content (AvgIpc) is 2.76. The highest BCUT2D eigenvalue weighted by Gasteiger charge is 2.48. The summed E-state index contributed by atoms with van der Waals surface area (Å²) in [7, 11) is 5.89. The first-order valence-electron chi connectivity index (χ1n) is 11.4. The van der Waals surface area contributed by atoms with Gasteiger partial charge in [0, 0.05) is 16.7 Å². The van der Waals surface area contributed by atoms with Crippen molar-refractivity contribution in [3.63, 3.8) is 0 Å². The molecule has 0 radical (unpaired) electrons. The van der Waals surface area contributed by atoms with E-state index in [1.807, 2.05) is 21.1 Å². The maximum Gasteiger partial charge on any atom is 0.508 e. The Morgan fingerprint density at radius 1 is 1.11 bits per heavy atom. The number of nitrogens with one attached hydrogen (secondary N) is 1. The van der Waals surface area contributed by atoms with E-state index in [2.05, 4.69) is 5.32 Å². The number of amides is 1. The van der Waals surface area contributed by atoms with E-state index in [4.69, 9.17) is 25.8 Å². The fourth-order valence-electron chi connectivity index (χ4n) is 3.78. The number of Topliss-reactive ketones (excluding diaryl/α,β-unsaturated/α-hetero) is 1. The van der Waals surface area contributed by atoms with E-state index in [-0.39, 0.29) is 23.0 Å². The van der Waals surface area contributed by atoms with Crippen LogP contribution in [0.3, 0.4) is 0 Å². The smallest absolute Gasteiger partial charge is 0.484 e. The van der Waals surface area contributed by atoms with Crippen LogP contribution in [0.2, 0.25) is 5.02 Å². The Labute approximate surface area is 214 Å². The molecule has 0 saturated heterocycles. The van der Waals surface area contributed by atoms with Crippen LogP contribution >= 0.6 is 11.6 Å². The van der Waals surface area contributed by atoms with E-state index in [0.29, 0.717) is 27.9 Å². The van der Waals surface area contributed by atoms with Crippen LogP contribution < -0.4 is 10.1 Å². The van der Waals surface area contributed by atoms with Gasteiger partial charge < -0.3 is 24.0 Å². The van der Waals surface area contributed by atoms with E-state index >= 15 is 0 Å². The van der Waals surface area contributed by atoms with Crippen LogP contribution in [-0.2, 0) is 9.47 Å². The first-order chi connectivity index (χ1) is 16.7. The molecule has 194 valence electrons. The van der Waals surface area contributed by atoms with Crippen molar-refractivity contribution >= 4 is 29.4 Å². The number of rotatable bonds is 7. The maximum absolute atomic E-state index is 13.6. The monoisotopic (exact) mass is 521 g/mol. The number of ether oxygens (including phenoxy) is 3. The highest BCUT2D eigenvalue weighted by molar-refractivity contribution is 6.31. The van der Waals surface area contributed by atoms with Gasteiger partial charge in [-0.15, -0.1) is 0 Å². The predicted octanol–water partition coefficient (Wildman–Crippen LogP) is 4.55. The molecule has 1 heterocycles. The average molecular weight is 522 g/mol. The second-order valence-electron chi connectivity index (χ2n) is 10.2. The van der Waals surface area contributed by atoms with Gasteiger partial charge in [-0.3, -0.25) is 9.59 Å². The van der Waals surface area contributed by atoms with Crippen molar-refractivity contribution in [1.29, 1.82) is 0 Å². The molecule has 10 heteroatoms. The molecular weight excluding hydrogens is 491 g/mol. The van der Waals surface area contributed by atoms with Crippen LogP contribution in [0.4, 0.5) is 9.18 Å². The number of hydrogen-bond acceptors (Lipinski definition) is 6. The second-order valence-corrected chi connectivity index (χ2v) is 10.7. The predicted molar refractivity (Wildman–Crippen MR) is 132 cm³/mol. The number of hydrogen-bond donors (Lipinski definition) is 1. The SMILES string of the molecule is CC(=O)c1ccc2c(c1)C(NC(=O)c1ccc(F)c(Cl)c1)C(OC(=O)OCC[N+](C)(C)C)C(C)(C)O2. The lowest BCUT2D eigenvalue weighted by Gasteiger charge is -2.44. The molecule has 0 aromatic heterocycles. The number of carbonyl (C=O) groups is 3. The quantitative estimate of drug-likeness (QED) is 0.326. The Hall–Kier alpha value is -3.17. The van der Waals surface area contributed by atoms with Gasteiger partial charge >= 0.3 is 6.16 Å². The molecule has 0 spiro atoms. The van der Waals surface area contributed by atoms with Crippen molar-refractivity contribution in [2.75, 3.05) is 34.3 Å². The van der Waals surface area contributed by atoms with Gasteiger partial charge in [0.1, 0.15) is 30.3 Å². The van der Waals surface area contributed by atoms with Crippen molar-refractivity contribution in [2.24, 2.45) is 0 Å². The third-order valence-corrected chi connectivity index (χ3v) is 6.08. The summed E-state index contributed by atoms with van der Waals surface area (Å²) in [5, 5.41) is 2.64. The van der Waals surface area contributed by atoms with Crippen LogP contribution in [-0.4, -0.2) is 68.3 Å². The summed E-state index contributed by atoms with van der Waals surface area (Å²) < 4.78 is 31.3. The highest BCUT2D eigenvalue weighted by Crippen LogP contribution is 2.42. The van der Waals surface area contributed by atoms with Crippen molar-refractivity contribution in [3.05, 3.63) is 63.9 Å². The first kappa shape index (κ1) is 27.4. The summed E-state index contributed by atoms with van der Waals surface area (Å²) in [6.45, 7) is 5.55. The summed E-state index contributed by atoms with van der Waals surface area (Å²) in [6, 6.07) is 7.53. The molecule has 2 unspecified atom stereocenters. The lowest BCUT2D eigenvalue weighted by Crippen LogP contribution is -2.55. The largest absolute Gasteiger partial charge is 0.508 e. The summed E-state index contributed by atoms with van der Waals surface area (Å²) in [4.78, 5) is 37.8. The molecule has 3 rings (SSSR count). The zero-order valence-electron chi connectivity index (χ0n) is 21.2. The number of quaternary nitrogens is 1. The molecule has 8 nitrogen and oxygen atoms in total. The van der Waals surface area contributed by atoms with Gasteiger partial charge in [-0.25, -0.2) is 9.18 Å². The van der Waals surface area contributed by atoms with Gasteiger partial charge in [0.25, 0.3) is 5.91 Å². The highest BCUT2D eigenvalue weighted by atomic mass is 35.5. The molecule has 0 saturated carbocycles. The van der Waals surface area contributed by atoms with Gasteiger partial charge in [0.05, 0.1) is 32.2 Å². The van der Waals surface area contributed by atoms with E-state index < -0.39 is 35.6 Å². The van der Waals surface area contributed by atoms with Crippen molar-refractivity contribution in [3.8, 4) is 5.75 Å². The third-order valence-electron chi connectivity index (χ3n) is 5.79. The number of halogens is 2. The zero-order valence-corrected chi connectivity index (χ0v) is 21.9. The van der Waals surface area contributed by atoms with Gasteiger partial charge in [-0.2, -0.15) is 0 Å². The summed E-state index contributed by atoms with van der Waals surface area (Å²) >= 11 is 5.86. The van der Waals surface area contributed by atoms with Crippen molar-refractivity contribution in [2.45, 2.75) is 38.5 Å². The normalized spacial score (nSPS) is 18.4. The Bertz CT molecular complexity index is 1180. The Kier molecular flexibility index (Phi) is 7.95. The van der Waals surface area contributed by atoms with Crippen LogP contribution in [0.5, 0.6) is 5.75 Å². The first-order valence-corrected chi connectivity index (χ1v) is 11.8. The molecule has 1 aliphatic heterocycles. The molecule has 0 aliphatic carbocycles.